The number of carbonyl (C=O) groups is 2. The van der Waals surface area contributed by atoms with E-state index in [9.17, 15) is 14.0 Å². The minimum Gasteiger partial charge on any atom is -0.497 e. The molecule has 3 aromatic carbocycles. The second-order valence-corrected chi connectivity index (χ2v) is 7.69. The Balaban J connectivity index is 1.64. The molecule has 0 aromatic heterocycles. The minimum atomic E-state index is -0.431. The number of carbonyl (C=O) groups excluding carboxylic acids is 2. The average molecular weight is 451 g/mol. The summed E-state index contributed by atoms with van der Waals surface area (Å²) in [5.74, 6) is -0.609. The summed E-state index contributed by atoms with van der Waals surface area (Å²) < 4.78 is 18.6. The predicted octanol–water partition coefficient (Wildman–Crippen LogP) is 4.92. The summed E-state index contributed by atoms with van der Waals surface area (Å²) in [6, 6.07) is 19.8. The largest absolute Gasteiger partial charge is 0.497 e. The number of hydrogen-bond donors (Lipinski definition) is 1. The maximum atomic E-state index is 13.5. The summed E-state index contributed by atoms with van der Waals surface area (Å²) in [7, 11) is 1.56. The summed E-state index contributed by atoms with van der Waals surface area (Å²) in [4.78, 5) is 27.7. The van der Waals surface area contributed by atoms with Gasteiger partial charge in [-0.25, -0.2) is 4.39 Å². The number of halogens is 2. The van der Waals surface area contributed by atoms with E-state index in [1.54, 1.807) is 43.5 Å². The van der Waals surface area contributed by atoms with Gasteiger partial charge in [-0.05, 0) is 66.1 Å². The normalized spacial score (nSPS) is 13.7. The molecule has 32 heavy (non-hydrogen) atoms. The Morgan fingerprint density at radius 2 is 1.56 bits per heavy atom. The second kappa shape index (κ2) is 9.24. The Labute approximate surface area is 190 Å². The van der Waals surface area contributed by atoms with E-state index in [0.717, 1.165) is 5.56 Å². The monoisotopic (exact) mass is 450 g/mol. The summed E-state index contributed by atoms with van der Waals surface area (Å²) in [6.45, 7) is 0.206. The Kier molecular flexibility index (Phi) is 6.23. The van der Waals surface area contributed by atoms with Crippen LogP contribution in [0.4, 0.5) is 10.1 Å². The molecule has 4 rings (SSSR count). The highest BCUT2D eigenvalue weighted by atomic mass is 35.5. The molecular formula is C25H20ClFN2O3. The first-order chi connectivity index (χ1) is 15.5. The van der Waals surface area contributed by atoms with Crippen molar-refractivity contribution in [1.82, 2.24) is 4.90 Å². The SMILES string of the molecule is COc1ccc(NC2=C(c3ccc(F)cc3)C(=O)N(CCc3ccc(Cl)cc3)C2=O)cc1. The maximum absolute atomic E-state index is 13.5. The first kappa shape index (κ1) is 21.6. The van der Waals surface area contributed by atoms with E-state index in [4.69, 9.17) is 16.3 Å². The zero-order valence-corrected chi connectivity index (χ0v) is 18.0. The van der Waals surface area contributed by atoms with Gasteiger partial charge in [0, 0.05) is 17.3 Å². The Morgan fingerprint density at radius 1 is 0.906 bits per heavy atom. The lowest BCUT2D eigenvalue weighted by molar-refractivity contribution is -0.136. The van der Waals surface area contributed by atoms with Crippen molar-refractivity contribution < 1.29 is 18.7 Å². The number of methoxy groups -OCH3 is 1. The third-order valence-electron chi connectivity index (χ3n) is 5.20. The molecule has 0 atom stereocenters. The van der Waals surface area contributed by atoms with Crippen LogP contribution in [0, 0.1) is 5.82 Å². The van der Waals surface area contributed by atoms with Gasteiger partial charge in [0.25, 0.3) is 11.8 Å². The van der Waals surface area contributed by atoms with Gasteiger partial charge in [-0.15, -0.1) is 0 Å². The highest BCUT2D eigenvalue weighted by molar-refractivity contribution is 6.36. The average Bonchev–Trinajstić information content (AvgIpc) is 3.03. The molecule has 1 aliphatic rings. The van der Waals surface area contributed by atoms with Gasteiger partial charge in [-0.3, -0.25) is 14.5 Å². The second-order valence-electron chi connectivity index (χ2n) is 7.25. The highest BCUT2D eigenvalue weighted by Crippen LogP contribution is 2.31. The number of nitrogens with one attached hydrogen (secondary N) is 1. The summed E-state index contributed by atoms with van der Waals surface area (Å²) in [5.41, 5.74) is 2.41. The molecule has 0 fully saturated rings. The van der Waals surface area contributed by atoms with Gasteiger partial charge < -0.3 is 10.1 Å². The van der Waals surface area contributed by atoms with Gasteiger partial charge in [0.15, 0.2) is 0 Å². The third-order valence-corrected chi connectivity index (χ3v) is 5.45. The number of rotatable bonds is 7. The molecule has 0 saturated heterocycles. The van der Waals surface area contributed by atoms with Crippen molar-refractivity contribution >= 4 is 34.7 Å². The van der Waals surface area contributed by atoms with Crippen LogP contribution in [-0.4, -0.2) is 30.4 Å². The van der Waals surface area contributed by atoms with Crippen molar-refractivity contribution in [3.8, 4) is 5.75 Å². The highest BCUT2D eigenvalue weighted by Gasteiger charge is 2.38. The topological polar surface area (TPSA) is 58.6 Å². The number of amides is 2. The van der Waals surface area contributed by atoms with Crippen LogP contribution in [0.2, 0.25) is 5.02 Å². The molecule has 0 aliphatic carbocycles. The lowest BCUT2D eigenvalue weighted by Gasteiger charge is -2.15. The first-order valence-electron chi connectivity index (χ1n) is 9.98. The predicted molar refractivity (Wildman–Crippen MR) is 122 cm³/mol. The van der Waals surface area contributed by atoms with E-state index in [-0.39, 0.29) is 17.8 Å². The molecule has 0 saturated carbocycles. The van der Waals surface area contributed by atoms with Crippen molar-refractivity contribution in [3.05, 3.63) is 100 Å². The van der Waals surface area contributed by atoms with Crippen molar-refractivity contribution in [1.29, 1.82) is 0 Å². The lowest BCUT2D eigenvalue weighted by atomic mass is 10.0. The molecule has 162 valence electrons. The summed E-state index contributed by atoms with van der Waals surface area (Å²) >= 11 is 5.93. The van der Waals surface area contributed by atoms with Gasteiger partial charge in [-0.1, -0.05) is 35.9 Å². The number of hydrogen-bond acceptors (Lipinski definition) is 4. The maximum Gasteiger partial charge on any atom is 0.278 e. The number of nitrogens with zero attached hydrogens (tertiary/aromatic N) is 1. The number of ether oxygens (including phenoxy) is 1. The molecule has 1 heterocycles. The Bertz CT molecular complexity index is 1170. The zero-order valence-electron chi connectivity index (χ0n) is 17.3. The standard InChI is InChI=1S/C25H20ClFN2O3/c1-32-21-12-10-20(11-13-21)28-23-22(17-4-8-19(27)9-5-17)24(30)29(25(23)31)15-14-16-2-6-18(26)7-3-16/h2-13,28H,14-15H2,1H3. The fourth-order valence-electron chi connectivity index (χ4n) is 3.49. The van der Waals surface area contributed by atoms with E-state index in [1.165, 1.54) is 29.2 Å². The number of benzene rings is 3. The van der Waals surface area contributed by atoms with E-state index >= 15 is 0 Å². The zero-order chi connectivity index (χ0) is 22.7. The molecule has 7 heteroatoms. The van der Waals surface area contributed by atoms with Gasteiger partial charge in [0.2, 0.25) is 0 Å². The molecule has 1 N–H and O–H groups in total. The van der Waals surface area contributed by atoms with Crippen LogP contribution in [0.15, 0.2) is 78.5 Å². The molecule has 0 unspecified atom stereocenters. The molecule has 0 spiro atoms. The smallest absolute Gasteiger partial charge is 0.278 e. The van der Waals surface area contributed by atoms with Crippen molar-refractivity contribution in [2.45, 2.75) is 6.42 Å². The van der Waals surface area contributed by atoms with Crippen LogP contribution in [-0.2, 0) is 16.0 Å². The van der Waals surface area contributed by atoms with Crippen molar-refractivity contribution in [2.24, 2.45) is 0 Å². The molecule has 0 bridgehead atoms. The van der Waals surface area contributed by atoms with Gasteiger partial charge in [-0.2, -0.15) is 0 Å². The van der Waals surface area contributed by atoms with Crippen LogP contribution in [0.5, 0.6) is 5.75 Å². The summed E-state index contributed by atoms with van der Waals surface area (Å²) in [5, 5.41) is 3.69. The summed E-state index contributed by atoms with van der Waals surface area (Å²) in [6.07, 6.45) is 0.487. The van der Waals surface area contributed by atoms with Gasteiger partial charge in [0.05, 0.1) is 12.7 Å². The first-order valence-corrected chi connectivity index (χ1v) is 10.4. The Hall–Kier alpha value is -3.64. The van der Waals surface area contributed by atoms with Crippen LogP contribution in [0.25, 0.3) is 5.57 Å². The molecule has 2 amide bonds. The van der Waals surface area contributed by atoms with Gasteiger partial charge in [0.1, 0.15) is 17.3 Å². The van der Waals surface area contributed by atoms with Crippen LogP contribution >= 0.6 is 11.6 Å². The quantitative estimate of drug-likeness (QED) is 0.519. The minimum absolute atomic E-state index is 0.155. The lowest BCUT2D eigenvalue weighted by Crippen LogP contribution is -2.34. The molecule has 3 aromatic rings. The van der Waals surface area contributed by atoms with E-state index in [1.807, 2.05) is 12.1 Å². The van der Waals surface area contributed by atoms with Gasteiger partial charge >= 0.3 is 0 Å². The fourth-order valence-corrected chi connectivity index (χ4v) is 3.62. The Morgan fingerprint density at radius 3 is 2.19 bits per heavy atom. The van der Waals surface area contributed by atoms with Crippen LogP contribution < -0.4 is 10.1 Å². The van der Waals surface area contributed by atoms with Crippen LogP contribution in [0.1, 0.15) is 11.1 Å². The molecule has 5 nitrogen and oxygen atoms in total. The van der Waals surface area contributed by atoms with Crippen molar-refractivity contribution in [3.63, 3.8) is 0 Å². The van der Waals surface area contributed by atoms with Crippen LogP contribution in [0.3, 0.4) is 0 Å². The van der Waals surface area contributed by atoms with E-state index in [2.05, 4.69) is 5.32 Å². The molecule has 1 aliphatic heterocycles. The van der Waals surface area contributed by atoms with E-state index < -0.39 is 17.6 Å². The third kappa shape index (κ3) is 4.50. The fraction of sp³-hybridized carbons (Fsp3) is 0.120. The molecular weight excluding hydrogens is 431 g/mol. The molecule has 0 radical (unpaired) electrons. The van der Waals surface area contributed by atoms with E-state index in [0.29, 0.717) is 28.4 Å². The number of imide groups is 1. The van der Waals surface area contributed by atoms with Crippen molar-refractivity contribution in [2.75, 3.05) is 19.0 Å². The number of anilines is 1.